The molecule has 0 heterocycles. The van der Waals surface area contributed by atoms with E-state index in [2.05, 4.69) is 16.9 Å². The van der Waals surface area contributed by atoms with E-state index in [9.17, 15) is 4.79 Å². The maximum atomic E-state index is 12.3. The number of carbonyl (C=O) groups excluding carboxylic acids is 1. The van der Waals surface area contributed by atoms with Crippen LogP contribution in [0.1, 0.15) is 30.0 Å². The first kappa shape index (κ1) is 23.3. The molecule has 1 unspecified atom stereocenters. The Morgan fingerprint density at radius 1 is 1.26 bits per heavy atom. The highest BCUT2D eigenvalue weighted by Crippen LogP contribution is 2.22. The fourth-order valence-electron chi connectivity index (χ4n) is 3.13. The molecular weight excluding hydrogens is 388 g/mol. The molecule has 0 aliphatic heterocycles. The summed E-state index contributed by atoms with van der Waals surface area (Å²) in [6, 6.07) is 14.5. The molecule has 7 N–H and O–H groups in total. The average Bonchev–Trinajstić information content (AvgIpc) is 2.74. The van der Waals surface area contributed by atoms with Crippen LogP contribution in [0.25, 0.3) is 0 Å². The third-order valence-electron chi connectivity index (χ3n) is 4.63. The molecule has 0 saturated carbocycles. The molecule has 0 saturated heterocycles. The maximum Gasteiger partial charge on any atom is 0.228 e. The van der Waals surface area contributed by atoms with Gasteiger partial charge in [-0.25, -0.2) is 4.99 Å². The van der Waals surface area contributed by atoms with Crippen LogP contribution in [0.15, 0.2) is 78.0 Å². The van der Waals surface area contributed by atoms with Gasteiger partial charge in [-0.15, -0.1) is 6.58 Å². The predicted molar refractivity (Wildman–Crippen MR) is 128 cm³/mol. The molecule has 0 radical (unpaired) electrons. The van der Waals surface area contributed by atoms with Crippen LogP contribution in [0.4, 0.5) is 5.69 Å². The fraction of sp³-hybridized carbons (Fsp3) is 0.167. The molecule has 31 heavy (non-hydrogen) atoms. The number of carbonyl (C=O) groups is 1. The number of nitrogens with one attached hydrogen (secondary N) is 3. The van der Waals surface area contributed by atoms with E-state index in [4.69, 9.17) is 22.3 Å². The number of rotatable bonds is 10. The Labute approximate surface area is 182 Å². The van der Waals surface area contributed by atoms with E-state index in [1.165, 1.54) is 0 Å². The average molecular weight is 417 g/mol. The molecule has 7 nitrogen and oxygen atoms in total. The summed E-state index contributed by atoms with van der Waals surface area (Å²) in [7, 11) is 0. The monoisotopic (exact) mass is 416 g/mol. The summed E-state index contributed by atoms with van der Waals surface area (Å²) >= 11 is 0. The first-order chi connectivity index (χ1) is 14.8. The van der Waals surface area contributed by atoms with Gasteiger partial charge in [-0.2, -0.15) is 0 Å². The van der Waals surface area contributed by atoms with E-state index in [-0.39, 0.29) is 29.8 Å². The summed E-state index contributed by atoms with van der Waals surface area (Å²) in [6.07, 6.45) is 5.18. The molecule has 2 aromatic rings. The standard InChI is InChI=1S/C24H28N6O/c1-3-7-18(12-16(2)30-22(31)13-17-8-5-4-6-9-17)23(27)20-14-19(10-11-21(20)26)24(28)29-15-25/h3-6,8-12,14-15,18,27H,1,7,13,26H2,2H3,(H,30,31)(H3,25,28,29)/b16-12+,27-23?. The number of nitrogens with zero attached hydrogens (tertiary/aromatic N) is 1. The summed E-state index contributed by atoms with van der Waals surface area (Å²) in [4.78, 5) is 16.1. The minimum Gasteiger partial charge on any atom is -0.398 e. The van der Waals surface area contributed by atoms with Crippen molar-refractivity contribution in [1.82, 2.24) is 5.32 Å². The van der Waals surface area contributed by atoms with Gasteiger partial charge in [0.1, 0.15) is 12.2 Å². The van der Waals surface area contributed by atoms with Crippen LogP contribution >= 0.6 is 0 Å². The van der Waals surface area contributed by atoms with Crippen molar-refractivity contribution in [3.05, 3.63) is 89.6 Å². The largest absolute Gasteiger partial charge is 0.398 e. The number of benzene rings is 2. The van der Waals surface area contributed by atoms with E-state index in [1.54, 1.807) is 31.2 Å². The molecule has 7 heteroatoms. The number of nitrogens with two attached hydrogens (primary N) is 2. The smallest absolute Gasteiger partial charge is 0.228 e. The molecule has 0 aliphatic rings. The molecule has 0 bridgehead atoms. The van der Waals surface area contributed by atoms with Crippen LogP contribution < -0.4 is 16.8 Å². The van der Waals surface area contributed by atoms with Crippen molar-refractivity contribution in [2.24, 2.45) is 16.6 Å². The van der Waals surface area contributed by atoms with Crippen LogP contribution in [-0.2, 0) is 11.2 Å². The van der Waals surface area contributed by atoms with E-state index in [1.807, 2.05) is 36.4 Å². The maximum absolute atomic E-state index is 12.3. The van der Waals surface area contributed by atoms with E-state index < -0.39 is 0 Å². The van der Waals surface area contributed by atoms with Crippen molar-refractivity contribution in [2.45, 2.75) is 19.8 Å². The summed E-state index contributed by atoms with van der Waals surface area (Å²) in [5, 5.41) is 18.7. The van der Waals surface area contributed by atoms with Crippen LogP contribution in [0.2, 0.25) is 0 Å². The van der Waals surface area contributed by atoms with Gasteiger partial charge in [0, 0.05) is 34.1 Å². The van der Waals surface area contributed by atoms with Gasteiger partial charge in [0.15, 0.2) is 0 Å². The number of anilines is 1. The molecule has 0 aromatic heterocycles. The molecule has 1 atom stereocenters. The third-order valence-corrected chi connectivity index (χ3v) is 4.63. The van der Waals surface area contributed by atoms with Crippen molar-refractivity contribution in [1.29, 1.82) is 10.8 Å². The quantitative estimate of drug-likeness (QED) is 0.175. The molecule has 160 valence electrons. The zero-order valence-electron chi connectivity index (χ0n) is 17.6. The van der Waals surface area contributed by atoms with E-state index in [0.29, 0.717) is 28.9 Å². The van der Waals surface area contributed by atoms with Gasteiger partial charge in [-0.1, -0.05) is 42.5 Å². The number of allylic oxidation sites excluding steroid dienone is 3. The minimum atomic E-state index is -0.340. The Morgan fingerprint density at radius 2 is 1.97 bits per heavy atom. The van der Waals surface area contributed by atoms with Crippen molar-refractivity contribution in [3.63, 3.8) is 0 Å². The van der Waals surface area contributed by atoms with Crippen molar-refractivity contribution >= 4 is 29.5 Å². The number of hydrogen-bond donors (Lipinski definition) is 5. The topological polar surface area (TPSA) is 141 Å². The Morgan fingerprint density at radius 3 is 2.61 bits per heavy atom. The Balaban J connectivity index is 2.22. The lowest BCUT2D eigenvalue weighted by Gasteiger charge is -2.17. The summed E-state index contributed by atoms with van der Waals surface area (Å²) in [5.74, 6) is -0.293. The number of hydrogen-bond acceptors (Lipinski definition) is 4. The van der Waals surface area contributed by atoms with E-state index in [0.717, 1.165) is 11.9 Å². The Kier molecular flexibility index (Phi) is 8.45. The molecule has 0 spiro atoms. The zero-order valence-corrected chi connectivity index (χ0v) is 17.6. The van der Waals surface area contributed by atoms with Gasteiger partial charge >= 0.3 is 0 Å². The molecule has 1 amide bonds. The highest BCUT2D eigenvalue weighted by atomic mass is 16.1. The van der Waals surface area contributed by atoms with E-state index >= 15 is 0 Å². The first-order valence-electron chi connectivity index (χ1n) is 9.79. The van der Waals surface area contributed by atoms with Crippen molar-refractivity contribution in [3.8, 4) is 0 Å². The summed E-state index contributed by atoms with van der Waals surface area (Å²) < 4.78 is 0. The van der Waals surface area contributed by atoms with Gasteiger partial charge < -0.3 is 22.2 Å². The SMILES string of the molecule is C=CCC(/C=C(\C)NC(=O)Cc1ccccc1)C(=N)c1cc(C(N)=NC=N)ccc1N. The lowest BCUT2D eigenvalue weighted by molar-refractivity contribution is -0.119. The number of amides is 1. The van der Waals surface area contributed by atoms with Gasteiger partial charge in [0.05, 0.1) is 6.42 Å². The molecule has 0 fully saturated rings. The second kappa shape index (κ2) is 11.3. The lowest BCUT2D eigenvalue weighted by atomic mass is 9.91. The van der Waals surface area contributed by atoms with Crippen molar-refractivity contribution < 1.29 is 4.79 Å². The fourth-order valence-corrected chi connectivity index (χ4v) is 3.13. The number of nitrogen functional groups attached to an aromatic ring is 1. The Bertz CT molecular complexity index is 1020. The molecule has 2 rings (SSSR count). The third kappa shape index (κ3) is 6.78. The second-order valence-corrected chi connectivity index (χ2v) is 7.05. The zero-order chi connectivity index (χ0) is 22.8. The highest BCUT2D eigenvalue weighted by Gasteiger charge is 2.17. The van der Waals surface area contributed by atoms with Crippen molar-refractivity contribution in [2.75, 3.05) is 5.73 Å². The van der Waals surface area contributed by atoms with Gasteiger partial charge in [0.2, 0.25) is 5.91 Å². The molecular formula is C24H28N6O. The summed E-state index contributed by atoms with van der Waals surface area (Å²) in [5.41, 5.74) is 15.4. The minimum absolute atomic E-state index is 0.124. The normalized spacial score (nSPS) is 12.7. The van der Waals surface area contributed by atoms with Crippen LogP contribution in [0, 0.1) is 16.7 Å². The van der Waals surface area contributed by atoms with Gasteiger partial charge in [-0.3, -0.25) is 10.2 Å². The lowest BCUT2D eigenvalue weighted by Crippen LogP contribution is -2.25. The number of amidine groups is 1. The first-order valence-corrected chi connectivity index (χ1v) is 9.79. The van der Waals surface area contributed by atoms with Crippen LogP contribution in [0.5, 0.6) is 0 Å². The molecule has 2 aromatic carbocycles. The van der Waals surface area contributed by atoms with Gasteiger partial charge in [-0.05, 0) is 37.1 Å². The van der Waals surface area contributed by atoms with Crippen LogP contribution in [0.3, 0.4) is 0 Å². The highest BCUT2D eigenvalue weighted by molar-refractivity contribution is 6.08. The Hall–Kier alpha value is -4.00. The predicted octanol–water partition coefficient (Wildman–Crippen LogP) is 3.40. The molecule has 0 aliphatic carbocycles. The second-order valence-electron chi connectivity index (χ2n) is 7.05. The van der Waals surface area contributed by atoms with Crippen LogP contribution in [-0.4, -0.2) is 23.8 Å². The van der Waals surface area contributed by atoms with Gasteiger partial charge in [0.25, 0.3) is 0 Å². The number of aliphatic imine (C=N–C) groups is 1. The summed E-state index contributed by atoms with van der Waals surface area (Å²) in [6.45, 7) is 5.58.